The minimum Gasteiger partial charge on any atom is -0.324 e. The van der Waals surface area contributed by atoms with Gasteiger partial charge in [0.25, 0.3) is 0 Å². The minimum absolute atomic E-state index is 0.174. The van der Waals surface area contributed by atoms with Crippen molar-refractivity contribution in [2.24, 2.45) is 5.73 Å². The third kappa shape index (κ3) is 4.89. The Morgan fingerprint density at radius 1 is 1.60 bits per heavy atom. The van der Waals surface area contributed by atoms with Gasteiger partial charge in [-0.2, -0.15) is 11.8 Å². The molecule has 0 fully saturated rings. The average molecular weight is 159 g/mol. The Morgan fingerprint density at radius 3 is 2.40 bits per heavy atom. The quantitative estimate of drug-likeness (QED) is 0.635. The lowest BCUT2D eigenvalue weighted by molar-refractivity contribution is 0.874. The van der Waals surface area contributed by atoms with Crippen molar-refractivity contribution in [1.82, 2.24) is 0 Å². The van der Waals surface area contributed by atoms with Crippen LogP contribution in [-0.2, 0) is 0 Å². The predicted octanol–water partition coefficient (Wildman–Crippen LogP) is 2.03. The maximum Gasteiger partial charge on any atom is 0.0340 e. The van der Waals surface area contributed by atoms with Crippen LogP contribution in [0.25, 0.3) is 0 Å². The fourth-order valence-electron chi connectivity index (χ4n) is 0.438. The molecular formula is C8H17NS. The lowest BCUT2D eigenvalue weighted by Gasteiger charge is -2.11. The molecule has 10 heavy (non-hydrogen) atoms. The van der Waals surface area contributed by atoms with Crippen molar-refractivity contribution in [2.45, 2.75) is 32.1 Å². The highest BCUT2D eigenvalue weighted by Crippen LogP contribution is 2.11. The summed E-state index contributed by atoms with van der Waals surface area (Å²) in [5, 5.41) is 0.672. The van der Waals surface area contributed by atoms with E-state index in [2.05, 4.69) is 20.4 Å². The van der Waals surface area contributed by atoms with Gasteiger partial charge in [0.1, 0.15) is 0 Å². The van der Waals surface area contributed by atoms with Crippen molar-refractivity contribution in [3.63, 3.8) is 0 Å². The van der Waals surface area contributed by atoms with Crippen LogP contribution in [0.15, 0.2) is 12.2 Å². The number of hydrogen-bond acceptors (Lipinski definition) is 2. The summed E-state index contributed by atoms with van der Waals surface area (Å²) >= 11 is 1.88. The molecule has 1 unspecified atom stereocenters. The lowest BCUT2D eigenvalue weighted by atomic mass is 10.2. The highest BCUT2D eigenvalue weighted by Gasteiger charge is 2.03. The van der Waals surface area contributed by atoms with Gasteiger partial charge in [-0.05, 0) is 12.2 Å². The molecule has 0 aliphatic rings. The summed E-state index contributed by atoms with van der Waals surface area (Å²) in [5.41, 5.74) is 6.82. The normalized spacial score (nSPS) is 13.7. The Kier molecular flexibility index (Phi) is 4.83. The van der Waals surface area contributed by atoms with Gasteiger partial charge in [0.2, 0.25) is 0 Å². The molecule has 0 heterocycles. The van der Waals surface area contributed by atoms with Crippen LogP contribution in [0, 0.1) is 0 Å². The van der Waals surface area contributed by atoms with Crippen molar-refractivity contribution in [2.75, 3.05) is 5.75 Å². The molecule has 1 nitrogen and oxygen atoms in total. The molecular weight excluding hydrogens is 142 g/mol. The van der Waals surface area contributed by atoms with E-state index in [0.29, 0.717) is 5.25 Å². The molecule has 0 aromatic heterocycles. The fourth-order valence-corrected chi connectivity index (χ4v) is 1.32. The van der Waals surface area contributed by atoms with Gasteiger partial charge in [0, 0.05) is 11.8 Å². The average Bonchev–Trinajstić information content (AvgIpc) is 1.82. The smallest absolute Gasteiger partial charge is 0.0340 e. The van der Waals surface area contributed by atoms with E-state index in [1.807, 2.05) is 18.7 Å². The Bertz CT molecular complexity index is 110. The fraction of sp³-hybridized carbons (Fsp3) is 0.750. The van der Waals surface area contributed by atoms with Crippen LogP contribution in [-0.4, -0.2) is 17.0 Å². The molecule has 0 aliphatic heterocycles. The summed E-state index contributed by atoms with van der Waals surface area (Å²) < 4.78 is 0. The van der Waals surface area contributed by atoms with E-state index >= 15 is 0 Å². The van der Waals surface area contributed by atoms with Crippen molar-refractivity contribution in [3.8, 4) is 0 Å². The minimum atomic E-state index is 0.174. The molecule has 2 heteroatoms. The summed E-state index contributed by atoms with van der Waals surface area (Å²) in [6, 6.07) is 0.174. The van der Waals surface area contributed by atoms with E-state index in [1.54, 1.807) is 0 Å². The van der Waals surface area contributed by atoms with Crippen LogP contribution in [0.3, 0.4) is 0 Å². The largest absolute Gasteiger partial charge is 0.324 e. The molecule has 0 aromatic rings. The SMILES string of the molecule is C=C(C)C(N)CSC(C)C. The van der Waals surface area contributed by atoms with Crippen LogP contribution < -0.4 is 5.73 Å². The maximum absolute atomic E-state index is 5.74. The zero-order valence-corrected chi connectivity index (χ0v) is 7.87. The molecule has 0 aliphatic carbocycles. The van der Waals surface area contributed by atoms with E-state index in [4.69, 9.17) is 5.73 Å². The first-order valence-corrected chi connectivity index (χ1v) is 4.61. The van der Waals surface area contributed by atoms with Crippen LogP contribution in [0.4, 0.5) is 0 Å². The third-order valence-corrected chi connectivity index (χ3v) is 2.46. The lowest BCUT2D eigenvalue weighted by Crippen LogP contribution is -2.24. The van der Waals surface area contributed by atoms with Crippen LogP contribution >= 0.6 is 11.8 Å². The third-order valence-electron chi connectivity index (χ3n) is 1.24. The first-order valence-electron chi connectivity index (χ1n) is 3.56. The molecule has 0 bridgehead atoms. The van der Waals surface area contributed by atoms with Gasteiger partial charge in [-0.25, -0.2) is 0 Å². The van der Waals surface area contributed by atoms with E-state index in [9.17, 15) is 0 Å². The van der Waals surface area contributed by atoms with E-state index in [-0.39, 0.29) is 6.04 Å². The van der Waals surface area contributed by atoms with E-state index in [1.165, 1.54) is 0 Å². The van der Waals surface area contributed by atoms with Crippen LogP contribution in [0.1, 0.15) is 20.8 Å². The Hall–Kier alpha value is 0.0500. The Morgan fingerprint density at radius 2 is 2.10 bits per heavy atom. The molecule has 1 atom stereocenters. The van der Waals surface area contributed by atoms with Crippen molar-refractivity contribution in [1.29, 1.82) is 0 Å². The second-order valence-corrected chi connectivity index (χ2v) is 4.44. The molecule has 2 N–H and O–H groups in total. The highest BCUT2D eigenvalue weighted by atomic mass is 32.2. The highest BCUT2D eigenvalue weighted by molar-refractivity contribution is 7.99. The number of hydrogen-bond donors (Lipinski definition) is 1. The molecule has 0 aromatic carbocycles. The zero-order valence-electron chi connectivity index (χ0n) is 7.05. The van der Waals surface area contributed by atoms with Gasteiger partial charge >= 0.3 is 0 Å². The van der Waals surface area contributed by atoms with Crippen molar-refractivity contribution in [3.05, 3.63) is 12.2 Å². The summed E-state index contributed by atoms with van der Waals surface area (Å²) in [4.78, 5) is 0. The standard InChI is InChI=1S/C8H17NS/c1-6(2)8(9)5-10-7(3)4/h7-8H,1,5,9H2,2-4H3. The van der Waals surface area contributed by atoms with Crippen molar-refractivity contribution < 1.29 is 0 Å². The topological polar surface area (TPSA) is 26.0 Å². The molecule has 0 rings (SSSR count). The summed E-state index contributed by atoms with van der Waals surface area (Å²) in [6.45, 7) is 10.1. The second kappa shape index (κ2) is 4.80. The Labute approximate surface area is 68.1 Å². The molecule has 0 saturated carbocycles. The maximum atomic E-state index is 5.74. The van der Waals surface area contributed by atoms with Gasteiger partial charge in [-0.3, -0.25) is 0 Å². The first kappa shape index (κ1) is 10.0. The van der Waals surface area contributed by atoms with E-state index in [0.717, 1.165) is 11.3 Å². The molecule has 0 radical (unpaired) electrons. The predicted molar refractivity (Wildman–Crippen MR) is 50.4 cm³/mol. The van der Waals surface area contributed by atoms with Crippen molar-refractivity contribution >= 4 is 11.8 Å². The second-order valence-electron chi connectivity index (χ2n) is 2.83. The number of rotatable bonds is 4. The summed E-state index contributed by atoms with van der Waals surface area (Å²) in [6.07, 6.45) is 0. The van der Waals surface area contributed by atoms with Crippen LogP contribution in [0.5, 0.6) is 0 Å². The van der Waals surface area contributed by atoms with Gasteiger partial charge in [-0.15, -0.1) is 0 Å². The molecule has 0 spiro atoms. The molecule has 60 valence electrons. The van der Waals surface area contributed by atoms with Gasteiger partial charge in [0.15, 0.2) is 0 Å². The zero-order chi connectivity index (χ0) is 8.15. The number of nitrogens with two attached hydrogens (primary N) is 1. The summed E-state index contributed by atoms with van der Waals surface area (Å²) in [5.74, 6) is 0.993. The molecule has 0 amide bonds. The number of thioether (sulfide) groups is 1. The molecule has 0 saturated heterocycles. The van der Waals surface area contributed by atoms with Gasteiger partial charge in [-0.1, -0.05) is 26.0 Å². The summed E-state index contributed by atoms with van der Waals surface area (Å²) in [7, 11) is 0. The monoisotopic (exact) mass is 159 g/mol. The van der Waals surface area contributed by atoms with Crippen LogP contribution in [0.2, 0.25) is 0 Å². The van der Waals surface area contributed by atoms with Gasteiger partial charge in [0.05, 0.1) is 0 Å². The first-order chi connectivity index (χ1) is 4.54. The van der Waals surface area contributed by atoms with E-state index < -0.39 is 0 Å². The van der Waals surface area contributed by atoms with Gasteiger partial charge < -0.3 is 5.73 Å². The Balaban J connectivity index is 3.40.